The first-order chi connectivity index (χ1) is 20.9. The topological polar surface area (TPSA) is 116 Å². The number of hydrogen-bond acceptors (Lipinski definition) is 4. The van der Waals surface area contributed by atoms with Crippen molar-refractivity contribution in [3.8, 4) is 0 Å². The van der Waals surface area contributed by atoms with E-state index < -0.39 is 55.4 Å². The van der Waals surface area contributed by atoms with E-state index in [1.54, 1.807) is 0 Å². The molecule has 4 N–H and O–H groups in total. The third-order valence-electron chi connectivity index (χ3n) is 5.90. The summed E-state index contributed by atoms with van der Waals surface area (Å²) in [5, 5.41) is 8.12. The molecule has 0 aliphatic rings. The maximum Gasteiger partial charge on any atom is 0.417 e. The number of sulfone groups is 1. The maximum atomic E-state index is 13.1. The highest BCUT2D eigenvalue weighted by atomic mass is 35.5. The highest BCUT2D eigenvalue weighted by Crippen LogP contribution is 2.37. The van der Waals surface area contributed by atoms with Crippen LogP contribution in [-0.4, -0.2) is 20.5 Å². The van der Waals surface area contributed by atoms with Crippen LogP contribution >= 0.6 is 23.2 Å². The van der Waals surface area contributed by atoms with Gasteiger partial charge in [-0.3, -0.25) is 0 Å². The molecule has 4 aromatic rings. The number of halogens is 8. The number of hydrogen-bond donors (Lipinski definition) is 4. The smallest absolute Gasteiger partial charge is 0.308 e. The quantitative estimate of drug-likeness (QED) is 0.151. The van der Waals surface area contributed by atoms with Crippen LogP contribution in [0, 0.1) is 0 Å². The van der Waals surface area contributed by atoms with E-state index >= 15 is 0 Å². The minimum absolute atomic E-state index is 0.130. The first-order valence-electron chi connectivity index (χ1n) is 12.3. The van der Waals surface area contributed by atoms with E-state index in [1.807, 2.05) is 0 Å². The number of anilines is 4. The van der Waals surface area contributed by atoms with Crippen LogP contribution in [0.3, 0.4) is 0 Å². The molecule has 0 aromatic heterocycles. The van der Waals surface area contributed by atoms with Crippen molar-refractivity contribution in [3.05, 3.63) is 106 Å². The zero-order chi connectivity index (χ0) is 33.2. The number of nitrogens with one attached hydrogen (secondary N) is 4. The predicted octanol–water partition coefficient (Wildman–Crippen LogP) is 9.15. The third kappa shape index (κ3) is 8.38. The predicted molar refractivity (Wildman–Crippen MR) is 157 cm³/mol. The Morgan fingerprint density at radius 3 is 1.11 bits per heavy atom. The number of urea groups is 2. The van der Waals surface area contributed by atoms with Crippen LogP contribution in [0.25, 0.3) is 0 Å². The molecule has 0 saturated carbocycles. The average molecular weight is 691 g/mol. The Bertz CT molecular complexity index is 1720. The second-order valence-electron chi connectivity index (χ2n) is 9.10. The molecular weight excluding hydrogens is 673 g/mol. The molecule has 0 unspecified atom stereocenters. The van der Waals surface area contributed by atoms with Crippen LogP contribution in [0.5, 0.6) is 0 Å². The maximum absolute atomic E-state index is 13.1. The Kier molecular flexibility index (Phi) is 9.56. The monoisotopic (exact) mass is 690 g/mol. The fraction of sp³-hybridized carbons (Fsp3) is 0.0714. The number of rotatable bonds is 6. The Morgan fingerprint density at radius 2 is 0.800 bits per heavy atom. The normalized spacial score (nSPS) is 11.9. The van der Waals surface area contributed by atoms with Crippen molar-refractivity contribution < 1.29 is 44.3 Å². The van der Waals surface area contributed by atoms with Gasteiger partial charge in [0.05, 0.1) is 31.0 Å². The highest BCUT2D eigenvalue weighted by Gasteiger charge is 2.34. The summed E-state index contributed by atoms with van der Waals surface area (Å²) < 4.78 is 104. The van der Waals surface area contributed by atoms with Gasteiger partial charge in [-0.05, 0) is 84.9 Å². The molecule has 0 heterocycles. The molecule has 45 heavy (non-hydrogen) atoms. The third-order valence-corrected chi connectivity index (χ3v) is 8.35. The second kappa shape index (κ2) is 12.9. The van der Waals surface area contributed by atoms with Crippen LogP contribution in [0.2, 0.25) is 10.0 Å². The summed E-state index contributed by atoms with van der Waals surface area (Å²) in [5.41, 5.74) is -2.37. The number of benzene rings is 4. The Morgan fingerprint density at radius 1 is 0.511 bits per heavy atom. The zero-order valence-corrected chi connectivity index (χ0v) is 24.5. The SMILES string of the molecule is O=C(Nc1ccc(S(=O)(=O)c2ccc(NC(=O)Nc3ccc(Cl)c(C(F)(F)F)c3)cc2)cc1)Nc1ccc(Cl)c(C(F)(F)F)c1. The molecule has 4 rings (SSSR count). The van der Waals surface area contributed by atoms with Gasteiger partial charge in [-0.2, -0.15) is 26.3 Å². The van der Waals surface area contributed by atoms with E-state index in [4.69, 9.17) is 23.2 Å². The van der Waals surface area contributed by atoms with Crippen molar-refractivity contribution in [3.63, 3.8) is 0 Å². The molecule has 4 amide bonds. The molecule has 0 atom stereocenters. The van der Waals surface area contributed by atoms with Gasteiger partial charge in [0, 0.05) is 22.7 Å². The van der Waals surface area contributed by atoms with Gasteiger partial charge in [0.25, 0.3) is 0 Å². The van der Waals surface area contributed by atoms with Crippen molar-refractivity contribution in [2.45, 2.75) is 22.1 Å². The molecule has 0 spiro atoms. The number of carbonyl (C=O) groups is 2. The first-order valence-corrected chi connectivity index (χ1v) is 14.5. The van der Waals surface area contributed by atoms with Gasteiger partial charge < -0.3 is 21.3 Å². The summed E-state index contributed by atoms with van der Waals surface area (Å²) in [5.74, 6) is 0. The van der Waals surface area contributed by atoms with E-state index in [9.17, 15) is 44.3 Å². The van der Waals surface area contributed by atoms with Gasteiger partial charge in [0.15, 0.2) is 0 Å². The van der Waals surface area contributed by atoms with Crippen LogP contribution in [0.1, 0.15) is 11.1 Å². The fourth-order valence-electron chi connectivity index (χ4n) is 3.80. The molecule has 0 saturated heterocycles. The van der Waals surface area contributed by atoms with Crippen LogP contribution in [0.4, 0.5) is 58.7 Å². The van der Waals surface area contributed by atoms with Crippen LogP contribution in [0.15, 0.2) is 94.7 Å². The zero-order valence-electron chi connectivity index (χ0n) is 22.1. The van der Waals surface area contributed by atoms with E-state index in [0.717, 1.165) is 12.1 Å². The van der Waals surface area contributed by atoms with Crippen LogP contribution in [-0.2, 0) is 22.2 Å². The van der Waals surface area contributed by atoms with Crippen molar-refractivity contribution in [2.24, 2.45) is 0 Å². The highest BCUT2D eigenvalue weighted by molar-refractivity contribution is 7.91. The van der Waals surface area contributed by atoms with Gasteiger partial charge in [-0.1, -0.05) is 23.2 Å². The standard InChI is InChI=1S/C28H18Cl2F6N4O4S/c29-23-11-5-17(13-21(23)27(31,32)33)39-25(41)37-15-1-7-19(8-2-15)45(43,44)20-9-3-16(4-10-20)38-26(42)40-18-6-12-24(30)22(14-18)28(34,35)36/h1-14H,(H2,37,39,41)(H2,38,40,42). The summed E-state index contributed by atoms with van der Waals surface area (Å²) in [4.78, 5) is 24.2. The van der Waals surface area contributed by atoms with Gasteiger partial charge >= 0.3 is 24.4 Å². The lowest BCUT2D eigenvalue weighted by molar-refractivity contribution is -0.138. The lowest BCUT2D eigenvalue weighted by Crippen LogP contribution is -2.20. The molecule has 4 aromatic carbocycles. The molecular formula is C28H18Cl2F6N4O4S. The van der Waals surface area contributed by atoms with Gasteiger partial charge in [0.2, 0.25) is 9.84 Å². The Hall–Kier alpha value is -4.47. The van der Waals surface area contributed by atoms with E-state index in [0.29, 0.717) is 12.1 Å². The van der Waals surface area contributed by atoms with Crippen molar-refractivity contribution >= 4 is 67.9 Å². The second-order valence-corrected chi connectivity index (χ2v) is 11.9. The van der Waals surface area contributed by atoms with Crippen molar-refractivity contribution in [1.82, 2.24) is 0 Å². The summed E-state index contributed by atoms with van der Waals surface area (Å²) in [6.45, 7) is 0. The average Bonchev–Trinajstić information content (AvgIpc) is 2.94. The molecule has 0 radical (unpaired) electrons. The molecule has 0 aliphatic carbocycles. The largest absolute Gasteiger partial charge is 0.417 e. The minimum atomic E-state index is -4.73. The lowest BCUT2D eigenvalue weighted by Gasteiger charge is -2.13. The number of amides is 4. The fourth-order valence-corrected chi connectivity index (χ4v) is 5.51. The molecule has 0 aliphatic heterocycles. The van der Waals surface area contributed by atoms with Gasteiger partial charge in [-0.25, -0.2) is 18.0 Å². The van der Waals surface area contributed by atoms with E-state index in [2.05, 4.69) is 21.3 Å². The Labute approximate surface area is 261 Å². The van der Waals surface area contributed by atoms with Gasteiger partial charge in [-0.15, -0.1) is 0 Å². The summed E-state index contributed by atoms with van der Waals surface area (Å²) in [6, 6.07) is 13.6. The summed E-state index contributed by atoms with van der Waals surface area (Å²) >= 11 is 11.1. The molecule has 17 heteroatoms. The molecule has 8 nitrogen and oxygen atoms in total. The number of alkyl halides is 6. The molecule has 236 valence electrons. The minimum Gasteiger partial charge on any atom is -0.308 e. The lowest BCUT2D eigenvalue weighted by atomic mass is 10.2. The van der Waals surface area contributed by atoms with Crippen molar-refractivity contribution in [1.29, 1.82) is 0 Å². The first kappa shape index (κ1) is 33.4. The van der Waals surface area contributed by atoms with Crippen molar-refractivity contribution in [2.75, 3.05) is 21.3 Å². The Balaban J connectivity index is 1.37. The molecule has 0 bridgehead atoms. The summed E-state index contributed by atoms with van der Waals surface area (Å²) in [6.07, 6.45) is -9.47. The van der Waals surface area contributed by atoms with E-state index in [-0.39, 0.29) is 32.5 Å². The van der Waals surface area contributed by atoms with Crippen LogP contribution < -0.4 is 21.3 Å². The van der Waals surface area contributed by atoms with Gasteiger partial charge in [0.1, 0.15) is 0 Å². The summed E-state index contributed by atoms with van der Waals surface area (Å²) in [7, 11) is -4.07. The number of carbonyl (C=O) groups excluding carboxylic acids is 2. The molecule has 0 fully saturated rings. The van der Waals surface area contributed by atoms with E-state index in [1.165, 1.54) is 60.7 Å².